The molecule has 2 aromatic heterocycles. The molecule has 0 saturated carbocycles. The molecule has 92 valence electrons. The van der Waals surface area contributed by atoms with Crippen LogP contribution in [0.1, 0.15) is 11.4 Å². The van der Waals surface area contributed by atoms with Gasteiger partial charge in [-0.25, -0.2) is 9.97 Å². The van der Waals surface area contributed by atoms with E-state index in [4.69, 9.17) is 0 Å². The van der Waals surface area contributed by atoms with Gasteiger partial charge in [0.25, 0.3) is 0 Å². The van der Waals surface area contributed by atoms with Gasteiger partial charge in [0.15, 0.2) is 11.0 Å². The topological polar surface area (TPSA) is 55.6 Å². The molecule has 3 aromatic rings. The number of aromatic nitrogens is 4. The predicted molar refractivity (Wildman–Crippen MR) is 72.7 cm³/mol. The van der Waals surface area contributed by atoms with E-state index in [2.05, 4.69) is 45.5 Å². The minimum atomic E-state index is 0.597. The van der Waals surface area contributed by atoms with Crippen molar-refractivity contribution in [2.45, 2.75) is 13.5 Å². The maximum absolute atomic E-state index is 4.54. The molecule has 6 heteroatoms. The third kappa shape index (κ3) is 2.19. The summed E-state index contributed by atoms with van der Waals surface area (Å²) in [7, 11) is 1.86. The molecule has 0 amide bonds. The zero-order valence-corrected chi connectivity index (χ0v) is 11.0. The Labute approximate surface area is 109 Å². The van der Waals surface area contributed by atoms with Gasteiger partial charge in [-0.1, -0.05) is 17.4 Å². The predicted octanol–water partition coefficient (Wildman–Crippen LogP) is 2.35. The largest absolute Gasteiger partial charge is 0.354 e. The van der Waals surface area contributed by atoms with Gasteiger partial charge in [-0.3, -0.25) is 4.68 Å². The number of rotatable bonds is 3. The SMILES string of the molecule is Cc1ccc2sc(NCc3ncn(C)n3)nc2c1. The van der Waals surface area contributed by atoms with Crippen molar-refractivity contribution in [3.63, 3.8) is 0 Å². The van der Waals surface area contributed by atoms with Crippen molar-refractivity contribution in [2.75, 3.05) is 5.32 Å². The molecule has 1 N–H and O–H groups in total. The second-order valence-corrected chi connectivity index (χ2v) is 5.21. The molecule has 18 heavy (non-hydrogen) atoms. The Morgan fingerprint density at radius 2 is 2.28 bits per heavy atom. The first-order valence-electron chi connectivity index (χ1n) is 5.66. The van der Waals surface area contributed by atoms with Crippen molar-refractivity contribution >= 4 is 26.7 Å². The fraction of sp³-hybridized carbons (Fsp3) is 0.250. The van der Waals surface area contributed by atoms with Gasteiger partial charge in [-0.15, -0.1) is 0 Å². The van der Waals surface area contributed by atoms with Gasteiger partial charge >= 0.3 is 0 Å². The molecular weight excluding hydrogens is 246 g/mol. The van der Waals surface area contributed by atoms with E-state index < -0.39 is 0 Å². The summed E-state index contributed by atoms with van der Waals surface area (Å²) in [6.07, 6.45) is 1.69. The van der Waals surface area contributed by atoms with Gasteiger partial charge in [0.1, 0.15) is 6.33 Å². The van der Waals surface area contributed by atoms with E-state index in [1.165, 1.54) is 10.3 Å². The number of aryl methyl sites for hydroxylation is 2. The number of fused-ring (bicyclic) bond motifs is 1. The van der Waals surface area contributed by atoms with E-state index in [-0.39, 0.29) is 0 Å². The Bertz CT molecular complexity index is 685. The second kappa shape index (κ2) is 4.38. The third-order valence-corrected chi connectivity index (χ3v) is 3.58. The van der Waals surface area contributed by atoms with E-state index in [0.29, 0.717) is 6.54 Å². The molecule has 1 aromatic carbocycles. The summed E-state index contributed by atoms with van der Waals surface area (Å²) in [4.78, 5) is 8.71. The summed E-state index contributed by atoms with van der Waals surface area (Å²) in [5.41, 5.74) is 2.27. The third-order valence-electron chi connectivity index (χ3n) is 2.59. The maximum atomic E-state index is 4.54. The molecular formula is C12H13N5S. The van der Waals surface area contributed by atoms with Crippen LogP contribution in [-0.4, -0.2) is 19.7 Å². The Kier molecular flexibility index (Phi) is 2.71. The molecule has 0 spiro atoms. The molecule has 0 unspecified atom stereocenters. The Morgan fingerprint density at radius 1 is 1.39 bits per heavy atom. The van der Waals surface area contributed by atoms with Crippen LogP contribution in [0.5, 0.6) is 0 Å². The number of anilines is 1. The minimum absolute atomic E-state index is 0.597. The van der Waals surface area contributed by atoms with Crippen LogP contribution in [0.2, 0.25) is 0 Å². The van der Waals surface area contributed by atoms with Crippen molar-refractivity contribution in [3.8, 4) is 0 Å². The van der Waals surface area contributed by atoms with Crippen LogP contribution in [-0.2, 0) is 13.6 Å². The number of hydrogen-bond acceptors (Lipinski definition) is 5. The number of nitrogens with one attached hydrogen (secondary N) is 1. The minimum Gasteiger partial charge on any atom is -0.354 e. The fourth-order valence-electron chi connectivity index (χ4n) is 1.73. The van der Waals surface area contributed by atoms with Crippen LogP contribution >= 0.6 is 11.3 Å². The number of nitrogens with zero attached hydrogens (tertiary/aromatic N) is 4. The highest BCUT2D eigenvalue weighted by molar-refractivity contribution is 7.22. The monoisotopic (exact) mass is 259 g/mol. The first-order valence-corrected chi connectivity index (χ1v) is 6.48. The van der Waals surface area contributed by atoms with Crippen molar-refractivity contribution in [2.24, 2.45) is 7.05 Å². The van der Waals surface area contributed by atoms with E-state index in [9.17, 15) is 0 Å². The quantitative estimate of drug-likeness (QED) is 0.784. The van der Waals surface area contributed by atoms with Gasteiger partial charge in [0.2, 0.25) is 0 Å². The molecule has 0 saturated heterocycles. The number of hydrogen-bond donors (Lipinski definition) is 1. The lowest BCUT2D eigenvalue weighted by Crippen LogP contribution is -2.01. The van der Waals surface area contributed by atoms with Crippen LogP contribution in [0.25, 0.3) is 10.2 Å². The maximum Gasteiger partial charge on any atom is 0.184 e. The highest BCUT2D eigenvalue weighted by Crippen LogP contribution is 2.26. The van der Waals surface area contributed by atoms with Crippen LogP contribution in [0.4, 0.5) is 5.13 Å². The average molecular weight is 259 g/mol. The number of benzene rings is 1. The summed E-state index contributed by atoms with van der Waals surface area (Å²) in [5, 5.41) is 8.37. The molecule has 0 fully saturated rings. The Balaban J connectivity index is 1.78. The molecule has 0 bridgehead atoms. The van der Waals surface area contributed by atoms with Crippen molar-refractivity contribution in [3.05, 3.63) is 35.9 Å². The lowest BCUT2D eigenvalue weighted by Gasteiger charge is -1.96. The van der Waals surface area contributed by atoms with Crippen LogP contribution in [0.15, 0.2) is 24.5 Å². The van der Waals surface area contributed by atoms with Gasteiger partial charge in [0, 0.05) is 7.05 Å². The van der Waals surface area contributed by atoms with E-state index in [1.54, 1.807) is 22.3 Å². The summed E-state index contributed by atoms with van der Waals surface area (Å²) in [5.74, 6) is 0.771. The van der Waals surface area contributed by atoms with Crippen molar-refractivity contribution in [1.29, 1.82) is 0 Å². The Morgan fingerprint density at radius 3 is 3.06 bits per heavy atom. The highest BCUT2D eigenvalue weighted by atomic mass is 32.1. The highest BCUT2D eigenvalue weighted by Gasteiger charge is 2.04. The van der Waals surface area contributed by atoms with Crippen LogP contribution in [0, 0.1) is 6.92 Å². The van der Waals surface area contributed by atoms with E-state index >= 15 is 0 Å². The molecule has 0 aliphatic carbocycles. The van der Waals surface area contributed by atoms with E-state index in [0.717, 1.165) is 16.5 Å². The molecule has 3 rings (SSSR count). The summed E-state index contributed by atoms with van der Waals surface area (Å²) < 4.78 is 2.88. The average Bonchev–Trinajstić information content (AvgIpc) is 2.92. The normalized spacial score (nSPS) is 11.0. The van der Waals surface area contributed by atoms with Gasteiger partial charge in [0.05, 0.1) is 16.8 Å². The smallest absolute Gasteiger partial charge is 0.184 e. The first-order chi connectivity index (χ1) is 8.70. The van der Waals surface area contributed by atoms with Gasteiger partial charge < -0.3 is 5.32 Å². The zero-order chi connectivity index (χ0) is 12.5. The van der Waals surface area contributed by atoms with E-state index in [1.807, 2.05) is 7.05 Å². The standard InChI is InChI=1S/C12H13N5S/c1-8-3-4-10-9(5-8)15-12(18-10)13-6-11-14-7-17(2)16-11/h3-5,7H,6H2,1-2H3,(H,13,15). The van der Waals surface area contributed by atoms with Crippen molar-refractivity contribution in [1.82, 2.24) is 19.7 Å². The molecule has 0 aliphatic rings. The fourth-order valence-corrected chi connectivity index (χ4v) is 2.57. The lowest BCUT2D eigenvalue weighted by molar-refractivity contribution is 0.747. The lowest BCUT2D eigenvalue weighted by atomic mass is 10.2. The van der Waals surface area contributed by atoms with Gasteiger partial charge in [-0.05, 0) is 24.6 Å². The Hall–Kier alpha value is -1.95. The first kappa shape index (κ1) is 11.2. The number of thiazole rings is 1. The summed E-state index contributed by atoms with van der Waals surface area (Å²) >= 11 is 1.65. The molecule has 0 aliphatic heterocycles. The summed E-state index contributed by atoms with van der Waals surface area (Å²) in [6, 6.07) is 6.30. The van der Waals surface area contributed by atoms with Crippen LogP contribution in [0.3, 0.4) is 0 Å². The molecule has 0 radical (unpaired) electrons. The molecule has 5 nitrogen and oxygen atoms in total. The second-order valence-electron chi connectivity index (χ2n) is 4.18. The summed E-state index contributed by atoms with van der Waals surface area (Å²) in [6.45, 7) is 2.67. The van der Waals surface area contributed by atoms with Crippen molar-refractivity contribution < 1.29 is 0 Å². The molecule has 0 atom stereocenters. The van der Waals surface area contributed by atoms with Crippen LogP contribution < -0.4 is 5.32 Å². The molecule has 2 heterocycles. The van der Waals surface area contributed by atoms with Gasteiger partial charge in [-0.2, -0.15) is 5.10 Å². The zero-order valence-electron chi connectivity index (χ0n) is 10.2.